The van der Waals surface area contributed by atoms with Gasteiger partial charge < -0.3 is 20.3 Å². The molecule has 0 rings (SSSR count). The van der Waals surface area contributed by atoms with Gasteiger partial charge in [-0.3, -0.25) is 9.59 Å². The van der Waals surface area contributed by atoms with Gasteiger partial charge in [0.15, 0.2) is 0 Å². The van der Waals surface area contributed by atoms with Gasteiger partial charge in [0.25, 0.3) is 0 Å². The number of aliphatic hydroxyl groups excluding tert-OH is 2. The van der Waals surface area contributed by atoms with Gasteiger partial charge >= 0.3 is 5.97 Å². The Morgan fingerprint density at radius 1 is 0.409 bits per heavy atom. The number of ether oxygens (including phenoxy) is 1. The van der Waals surface area contributed by atoms with Gasteiger partial charge in [0, 0.05) is 12.8 Å². The highest BCUT2D eigenvalue weighted by Gasteiger charge is 2.18. The Morgan fingerprint density at radius 2 is 0.712 bits per heavy atom. The van der Waals surface area contributed by atoms with Gasteiger partial charge in [0.1, 0.15) is 0 Å². The normalized spacial score (nSPS) is 12.7. The number of nitrogens with one attached hydrogen (secondary N) is 1. The van der Waals surface area contributed by atoms with Crippen LogP contribution in [0.15, 0.2) is 24.3 Å². The lowest BCUT2D eigenvalue weighted by Gasteiger charge is -2.20. The van der Waals surface area contributed by atoms with Crippen LogP contribution in [0.2, 0.25) is 0 Å². The first-order valence-corrected chi connectivity index (χ1v) is 29.6. The van der Waals surface area contributed by atoms with E-state index in [0.29, 0.717) is 19.4 Å². The molecule has 0 heterocycles. The molecule has 0 radical (unpaired) electrons. The fourth-order valence-electron chi connectivity index (χ4n) is 9.16. The lowest BCUT2D eigenvalue weighted by molar-refractivity contribution is -0.143. The van der Waals surface area contributed by atoms with Crippen LogP contribution in [0.3, 0.4) is 0 Å². The number of allylic oxidation sites excluding steroid dienone is 3. The average Bonchev–Trinajstić information content (AvgIpc) is 3.32. The Bertz CT molecular complexity index is 1030. The van der Waals surface area contributed by atoms with Crippen LogP contribution >= 0.6 is 0 Å². The van der Waals surface area contributed by atoms with Crippen molar-refractivity contribution in [1.82, 2.24) is 5.32 Å². The number of aliphatic hydroxyl groups is 2. The number of unbranched alkanes of at least 4 members (excludes halogenated alkanes) is 42. The van der Waals surface area contributed by atoms with E-state index in [9.17, 15) is 19.8 Å². The molecule has 0 aliphatic heterocycles. The summed E-state index contributed by atoms with van der Waals surface area (Å²) in [5, 5.41) is 23.2. The quantitative estimate of drug-likeness (QED) is 0.0321. The molecule has 0 fully saturated rings. The van der Waals surface area contributed by atoms with Crippen LogP contribution in [0.5, 0.6) is 0 Å². The molecule has 66 heavy (non-hydrogen) atoms. The lowest BCUT2D eigenvalue weighted by Crippen LogP contribution is -2.45. The zero-order valence-corrected chi connectivity index (χ0v) is 44.4. The first kappa shape index (κ1) is 64.3. The van der Waals surface area contributed by atoms with Crippen LogP contribution in [-0.2, 0) is 14.3 Å². The maximum Gasteiger partial charge on any atom is 0.305 e. The number of hydrogen-bond donors (Lipinski definition) is 3. The summed E-state index contributed by atoms with van der Waals surface area (Å²) in [6.45, 7) is 4.86. The lowest BCUT2D eigenvalue weighted by atomic mass is 10.0. The molecule has 0 aliphatic rings. The van der Waals surface area contributed by atoms with Crippen molar-refractivity contribution < 1.29 is 24.5 Å². The number of carbonyl (C=O) groups excluding carboxylic acids is 2. The van der Waals surface area contributed by atoms with Gasteiger partial charge in [0.2, 0.25) is 5.91 Å². The molecule has 0 spiro atoms. The maximum atomic E-state index is 12.5. The maximum absolute atomic E-state index is 12.5. The molecule has 2 unspecified atom stereocenters. The van der Waals surface area contributed by atoms with E-state index in [0.717, 1.165) is 57.8 Å². The molecule has 0 saturated heterocycles. The fraction of sp³-hybridized carbons (Fsp3) is 0.900. The van der Waals surface area contributed by atoms with E-state index in [1.807, 2.05) is 6.08 Å². The molecule has 0 aromatic heterocycles. The molecule has 1 amide bonds. The predicted octanol–water partition coefficient (Wildman–Crippen LogP) is 18.2. The Balaban J connectivity index is 3.50. The molecule has 0 aromatic carbocycles. The number of esters is 1. The summed E-state index contributed by atoms with van der Waals surface area (Å²) in [4.78, 5) is 24.6. The van der Waals surface area contributed by atoms with Gasteiger partial charge in [-0.05, 0) is 57.8 Å². The second kappa shape index (κ2) is 55.9. The number of rotatable bonds is 55. The molecule has 0 aromatic rings. The number of hydrogen-bond acceptors (Lipinski definition) is 5. The minimum absolute atomic E-state index is 0.0294. The van der Waals surface area contributed by atoms with E-state index in [1.165, 1.54) is 238 Å². The van der Waals surface area contributed by atoms with Crippen molar-refractivity contribution in [3.63, 3.8) is 0 Å². The van der Waals surface area contributed by atoms with Crippen molar-refractivity contribution in [2.24, 2.45) is 0 Å². The summed E-state index contributed by atoms with van der Waals surface area (Å²) in [6.07, 6.45) is 67.7. The largest absolute Gasteiger partial charge is 0.466 e. The van der Waals surface area contributed by atoms with E-state index < -0.39 is 12.1 Å². The van der Waals surface area contributed by atoms with E-state index >= 15 is 0 Å². The third-order valence-corrected chi connectivity index (χ3v) is 13.7. The van der Waals surface area contributed by atoms with E-state index in [4.69, 9.17) is 4.74 Å². The molecular weight excluding hydrogens is 815 g/mol. The van der Waals surface area contributed by atoms with Gasteiger partial charge in [-0.25, -0.2) is 0 Å². The summed E-state index contributed by atoms with van der Waals surface area (Å²) >= 11 is 0. The van der Waals surface area contributed by atoms with Crippen molar-refractivity contribution in [2.45, 2.75) is 334 Å². The van der Waals surface area contributed by atoms with Crippen LogP contribution in [0.4, 0.5) is 0 Å². The van der Waals surface area contributed by atoms with Crippen LogP contribution in [0, 0.1) is 0 Å². The fourth-order valence-corrected chi connectivity index (χ4v) is 9.16. The third-order valence-electron chi connectivity index (χ3n) is 13.7. The second-order valence-corrected chi connectivity index (χ2v) is 20.3. The minimum Gasteiger partial charge on any atom is -0.466 e. The molecule has 0 bridgehead atoms. The summed E-state index contributed by atoms with van der Waals surface area (Å²) < 4.78 is 5.47. The monoisotopic (exact) mass is 930 g/mol. The van der Waals surface area contributed by atoms with Gasteiger partial charge in [-0.15, -0.1) is 0 Å². The van der Waals surface area contributed by atoms with Crippen LogP contribution in [0.1, 0.15) is 322 Å². The smallest absolute Gasteiger partial charge is 0.305 e. The highest BCUT2D eigenvalue weighted by Crippen LogP contribution is 2.17. The Kier molecular flexibility index (Phi) is 54.5. The first-order valence-electron chi connectivity index (χ1n) is 29.6. The summed E-state index contributed by atoms with van der Waals surface area (Å²) in [5.74, 6) is -0.122. The topological polar surface area (TPSA) is 95.9 Å². The van der Waals surface area contributed by atoms with Gasteiger partial charge in [-0.2, -0.15) is 0 Å². The highest BCUT2D eigenvalue weighted by atomic mass is 16.5. The van der Waals surface area contributed by atoms with Crippen LogP contribution in [0.25, 0.3) is 0 Å². The molecule has 0 saturated carbocycles. The number of carbonyl (C=O) groups is 2. The Labute approximate surface area is 411 Å². The van der Waals surface area contributed by atoms with E-state index in [1.54, 1.807) is 6.08 Å². The van der Waals surface area contributed by atoms with E-state index in [-0.39, 0.29) is 18.5 Å². The molecule has 0 aliphatic carbocycles. The average molecular weight is 931 g/mol. The van der Waals surface area contributed by atoms with E-state index in [2.05, 4.69) is 31.3 Å². The Hall–Kier alpha value is -1.66. The zero-order chi connectivity index (χ0) is 47.9. The predicted molar refractivity (Wildman–Crippen MR) is 287 cm³/mol. The molecule has 3 N–H and O–H groups in total. The molecule has 6 heteroatoms. The second-order valence-electron chi connectivity index (χ2n) is 20.3. The number of amides is 1. The summed E-state index contributed by atoms with van der Waals surface area (Å²) in [7, 11) is 0. The van der Waals surface area contributed by atoms with Gasteiger partial charge in [-0.1, -0.05) is 276 Å². The van der Waals surface area contributed by atoms with Crippen molar-refractivity contribution in [1.29, 1.82) is 0 Å². The summed E-state index contributed by atoms with van der Waals surface area (Å²) in [6, 6.07) is -0.649. The van der Waals surface area contributed by atoms with Crippen molar-refractivity contribution >= 4 is 11.9 Å². The molecule has 390 valence electrons. The Morgan fingerprint density at radius 3 is 1.08 bits per heavy atom. The molecule has 2 atom stereocenters. The van der Waals surface area contributed by atoms with Gasteiger partial charge in [0.05, 0.1) is 25.4 Å². The molecule has 6 nitrogen and oxygen atoms in total. The zero-order valence-electron chi connectivity index (χ0n) is 44.4. The third kappa shape index (κ3) is 51.7. The molecular formula is C60H115NO5. The SMILES string of the molecule is CCCCCCCCC/C=C\CCCCCCCCCC(=O)OCCCCCCCCCCCC(=O)NC(CO)C(O)/C=C/CCCCCCCCCCCCCCCCCCCCCC. The minimum atomic E-state index is -0.863. The van der Waals surface area contributed by atoms with Crippen LogP contribution in [-0.4, -0.2) is 47.4 Å². The first-order chi connectivity index (χ1) is 32.5. The standard InChI is InChI=1S/C60H115NO5/c1-3-5-7-9-11-13-15-17-19-21-23-24-25-26-27-29-31-33-36-40-44-48-52-58(63)57(56-62)61-59(64)53-49-45-41-37-35-39-43-47-51-55-66-60(65)54-50-46-42-38-34-32-30-28-22-20-18-16-14-12-10-8-6-4-2/h20,22,48,52,57-58,62-63H,3-19,21,23-47,49-51,53-56H2,1-2H3,(H,61,64)/b22-20-,52-48+. The van der Waals surface area contributed by atoms with Crippen molar-refractivity contribution in [2.75, 3.05) is 13.2 Å². The highest BCUT2D eigenvalue weighted by molar-refractivity contribution is 5.76. The summed E-state index contributed by atoms with van der Waals surface area (Å²) in [5.41, 5.74) is 0. The van der Waals surface area contributed by atoms with Crippen LogP contribution < -0.4 is 5.32 Å². The van der Waals surface area contributed by atoms with Crippen molar-refractivity contribution in [3.05, 3.63) is 24.3 Å². The van der Waals surface area contributed by atoms with Crippen molar-refractivity contribution in [3.8, 4) is 0 Å².